The second-order valence-corrected chi connectivity index (χ2v) is 9.73. The Morgan fingerprint density at radius 1 is 0.698 bits per heavy atom. The van der Waals surface area contributed by atoms with E-state index in [1.54, 1.807) is 30.4 Å². The van der Waals surface area contributed by atoms with E-state index in [4.69, 9.17) is 0 Å². The summed E-state index contributed by atoms with van der Waals surface area (Å²) >= 11 is 0. The van der Waals surface area contributed by atoms with Gasteiger partial charge in [0.25, 0.3) is 0 Å². The lowest BCUT2D eigenvalue weighted by Gasteiger charge is -2.13. The highest BCUT2D eigenvalue weighted by Gasteiger charge is 2.34. The second-order valence-electron chi connectivity index (χ2n) is 9.73. The zero-order valence-electron chi connectivity index (χ0n) is 22.9. The Hall–Kier alpha value is -4.40. The summed E-state index contributed by atoms with van der Waals surface area (Å²) in [6.45, 7) is 1.81. The summed E-state index contributed by atoms with van der Waals surface area (Å²) in [4.78, 5) is 0. The van der Waals surface area contributed by atoms with Crippen molar-refractivity contribution in [1.82, 2.24) is 0 Å². The van der Waals surface area contributed by atoms with Crippen LogP contribution in [0, 0.1) is 17.5 Å². The van der Waals surface area contributed by atoms with Crippen molar-refractivity contribution in [3.8, 4) is 28.0 Å². The number of benzene rings is 4. The summed E-state index contributed by atoms with van der Waals surface area (Å²) in [5, 5.41) is 0. The molecule has 4 aromatic rings. The summed E-state index contributed by atoms with van der Waals surface area (Å²) in [6.07, 6.45) is -0.325. The summed E-state index contributed by atoms with van der Waals surface area (Å²) < 4.78 is 112. The van der Waals surface area contributed by atoms with Gasteiger partial charge in [0, 0.05) is 17.5 Å². The highest BCUT2D eigenvalue weighted by molar-refractivity contribution is 5.69. The van der Waals surface area contributed by atoms with Crippen molar-refractivity contribution >= 4 is 5.83 Å². The standard InChI is InChI=1S/C34H26F8O/c1-2-3-4-5-28(35)32(39)25-15-13-24(14-16-25)23-11-8-21(9-12-23)6-7-22-10-17-27(29(36)18-22)26-19-30(37)33(31(38)20-26)43-34(40,41)42/h2-3,8-20H,4-7H2,1H3/b3-2+,32-28+. The lowest BCUT2D eigenvalue weighted by atomic mass is 9.98. The lowest BCUT2D eigenvalue weighted by Crippen LogP contribution is -2.19. The molecular weight excluding hydrogens is 576 g/mol. The van der Waals surface area contributed by atoms with Crippen molar-refractivity contribution in [2.45, 2.75) is 39.0 Å². The molecule has 1 nitrogen and oxygen atoms in total. The average molecular weight is 603 g/mol. The highest BCUT2D eigenvalue weighted by Crippen LogP contribution is 2.34. The first kappa shape index (κ1) is 31.5. The fraction of sp³-hybridized carbons (Fsp3) is 0.176. The summed E-state index contributed by atoms with van der Waals surface area (Å²) in [6, 6.07) is 19.3. The Morgan fingerprint density at radius 2 is 1.26 bits per heavy atom. The number of aryl methyl sites for hydroxylation is 2. The van der Waals surface area contributed by atoms with Crippen LogP contribution in [0.3, 0.4) is 0 Å². The molecule has 0 aliphatic rings. The van der Waals surface area contributed by atoms with E-state index in [1.165, 1.54) is 24.3 Å². The predicted octanol–water partition coefficient (Wildman–Crippen LogP) is 11.1. The predicted molar refractivity (Wildman–Crippen MR) is 151 cm³/mol. The minimum Gasteiger partial charge on any atom is -0.399 e. The van der Waals surface area contributed by atoms with Crippen LogP contribution in [0.4, 0.5) is 35.1 Å². The maximum absolute atomic E-state index is 14.8. The minimum atomic E-state index is -5.28. The minimum absolute atomic E-state index is 0.00584. The smallest absolute Gasteiger partial charge is 0.399 e. The van der Waals surface area contributed by atoms with Gasteiger partial charge < -0.3 is 4.74 Å². The van der Waals surface area contributed by atoms with E-state index < -0.39 is 41.2 Å². The molecule has 0 unspecified atom stereocenters. The molecule has 0 saturated heterocycles. The van der Waals surface area contributed by atoms with Crippen LogP contribution in [-0.2, 0) is 12.8 Å². The molecule has 0 bridgehead atoms. The number of rotatable bonds is 10. The molecule has 4 rings (SSSR count). The van der Waals surface area contributed by atoms with E-state index in [1.807, 2.05) is 31.2 Å². The molecule has 0 radical (unpaired) electrons. The first-order valence-electron chi connectivity index (χ1n) is 13.3. The number of hydrogen-bond acceptors (Lipinski definition) is 1. The van der Waals surface area contributed by atoms with Crippen LogP contribution >= 0.6 is 0 Å². The molecule has 0 aliphatic carbocycles. The first-order chi connectivity index (χ1) is 20.4. The van der Waals surface area contributed by atoms with E-state index in [0.717, 1.165) is 16.7 Å². The normalized spacial score (nSPS) is 12.5. The second kappa shape index (κ2) is 13.7. The Kier molecular flexibility index (Phi) is 10.1. The van der Waals surface area contributed by atoms with Crippen LogP contribution in [-0.4, -0.2) is 6.36 Å². The van der Waals surface area contributed by atoms with Crippen molar-refractivity contribution in [2.75, 3.05) is 0 Å². The number of ether oxygens (including phenoxy) is 1. The Morgan fingerprint density at radius 3 is 1.81 bits per heavy atom. The monoisotopic (exact) mass is 602 g/mol. The molecule has 0 aliphatic heterocycles. The largest absolute Gasteiger partial charge is 0.573 e. The van der Waals surface area contributed by atoms with Crippen LogP contribution in [0.2, 0.25) is 0 Å². The molecule has 0 N–H and O–H groups in total. The SMILES string of the molecule is C/C=C/CC/C(F)=C(\F)c1ccc(-c2ccc(CCc3ccc(-c4cc(F)c(OC(F)(F)F)c(F)c4)c(F)c3)cc2)cc1. The quantitative estimate of drug-likeness (QED) is 0.130. The van der Waals surface area contributed by atoms with Gasteiger partial charge in [0.2, 0.25) is 5.75 Å². The third-order valence-corrected chi connectivity index (χ3v) is 6.69. The molecule has 0 heterocycles. The molecule has 43 heavy (non-hydrogen) atoms. The van der Waals surface area contributed by atoms with Gasteiger partial charge in [0.1, 0.15) is 11.6 Å². The van der Waals surface area contributed by atoms with Gasteiger partial charge in [-0.25, -0.2) is 22.0 Å². The molecule has 0 amide bonds. The van der Waals surface area contributed by atoms with Gasteiger partial charge in [-0.3, -0.25) is 0 Å². The molecule has 0 fully saturated rings. The van der Waals surface area contributed by atoms with Gasteiger partial charge in [0.15, 0.2) is 17.5 Å². The van der Waals surface area contributed by atoms with Crippen LogP contribution in [0.25, 0.3) is 28.1 Å². The fourth-order valence-corrected chi connectivity index (χ4v) is 4.48. The number of allylic oxidation sites excluding steroid dienone is 3. The topological polar surface area (TPSA) is 9.23 Å². The van der Waals surface area contributed by atoms with Gasteiger partial charge in [-0.2, -0.15) is 0 Å². The van der Waals surface area contributed by atoms with E-state index >= 15 is 0 Å². The van der Waals surface area contributed by atoms with Crippen molar-refractivity contribution in [1.29, 1.82) is 0 Å². The average Bonchev–Trinajstić information content (AvgIpc) is 2.97. The molecule has 0 saturated carbocycles. The molecule has 224 valence electrons. The van der Waals surface area contributed by atoms with Crippen LogP contribution in [0.15, 0.2) is 96.8 Å². The van der Waals surface area contributed by atoms with Crippen molar-refractivity contribution in [3.05, 3.63) is 131 Å². The maximum Gasteiger partial charge on any atom is 0.573 e. The van der Waals surface area contributed by atoms with Crippen molar-refractivity contribution in [2.24, 2.45) is 0 Å². The lowest BCUT2D eigenvalue weighted by molar-refractivity contribution is -0.276. The summed E-state index contributed by atoms with van der Waals surface area (Å²) in [7, 11) is 0. The number of alkyl halides is 3. The molecule has 0 atom stereocenters. The number of halogens is 8. The van der Waals surface area contributed by atoms with E-state index in [2.05, 4.69) is 4.74 Å². The van der Waals surface area contributed by atoms with Crippen LogP contribution < -0.4 is 4.74 Å². The highest BCUT2D eigenvalue weighted by atomic mass is 19.4. The molecule has 0 spiro atoms. The van der Waals surface area contributed by atoms with Crippen molar-refractivity contribution < 1.29 is 39.9 Å². The summed E-state index contributed by atoms with van der Waals surface area (Å²) in [5.74, 6) is -7.27. The zero-order chi connectivity index (χ0) is 31.1. The maximum atomic E-state index is 14.8. The van der Waals surface area contributed by atoms with E-state index in [0.29, 0.717) is 37.0 Å². The molecule has 0 aromatic heterocycles. The first-order valence-corrected chi connectivity index (χ1v) is 13.3. The van der Waals surface area contributed by atoms with Gasteiger partial charge >= 0.3 is 6.36 Å². The molecule has 9 heteroatoms. The van der Waals surface area contributed by atoms with Crippen LogP contribution in [0.1, 0.15) is 36.5 Å². The van der Waals surface area contributed by atoms with Gasteiger partial charge in [-0.15, -0.1) is 13.2 Å². The Labute approximate surface area is 243 Å². The zero-order valence-corrected chi connectivity index (χ0v) is 22.9. The molecule has 4 aromatic carbocycles. The van der Waals surface area contributed by atoms with Gasteiger partial charge in [0.05, 0.1) is 0 Å². The summed E-state index contributed by atoms with van der Waals surface area (Å²) in [5.41, 5.74) is 2.96. The number of hydrogen-bond donors (Lipinski definition) is 0. The van der Waals surface area contributed by atoms with E-state index in [-0.39, 0.29) is 23.1 Å². The van der Waals surface area contributed by atoms with Crippen molar-refractivity contribution in [3.63, 3.8) is 0 Å². The van der Waals surface area contributed by atoms with Gasteiger partial charge in [-0.1, -0.05) is 72.8 Å². The third kappa shape index (κ3) is 8.34. The Bertz CT molecular complexity index is 1600. The molecular formula is C34H26F8O. The van der Waals surface area contributed by atoms with Crippen LogP contribution in [0.5, 0.6) is 5.75 Å². The Balaban J connectivity index is 1.39. The van der Waals surface area contributed by atoms with Gasteiger partial charge in [-0.05, 0) is 72.2 Å². The van der Waals surface area contributed by atoms with E-state index in [9.17, 15) is 35.1 Å². The third-order valence-electron chi connectivity index (χ3n) is 6.69. The fourth-order valence-electron chi connectivity index (χ4n) is 4.48.